The Hall–Kier alpha value is -2.82. The van der Waals surface area contributed by atoms with Gasteiger partial charge < -0.3 is 15.5 Å². The lowest BCUT2D eigenvalue weighted by Gasteiger charge is -2.24. The number of carbonyl (C=O) groups excluding carboxylic acids is 2. The summed E-state index contributed by atoms with van der Waals surface area (Å²) in [6.45, 7) is 7.15. The van der Waals surface area contributed by atoms with E-state index in [0.29, 0.717) is 24.3 Å². The van der Waals surface area contributed by atoms with Gasteiger partial charge in [0.15, 0.2) is 0 Å². The maximum Gasteiger partial charge on any atom is 0.255 e. The van der Waals surface area contributed by atoms with E-state index in [0.717, 1.165) is 5.69 Å². The molecule has 0 aromatic heterocycles. The van der Waals surface area contributed by atoms with E-state index < -0.39 is 0 Å². The van der Waals surface area contributed by atoms with Crippen LogP contribution in [-0.2, 0) is 4.79 Å². The molecule has 2 rings (SSSR count). The summed E-state index contributed by atoms with van der Waals surface area (Å²) in [4.78, 5) is 26.4. The zero-order valence-electron chi connectivity index (χ0n) is 15.0. The molecule has 0 aliphatic rings. The molecule has 1 unspecified atom stereocenters. The van der Waals surface area contributed by atoms with Crippen LogP contribution in [-0.4, -0.2) is 35.8 Å². The van der Waals surface area contributed by atoms with Gasteiger partial charge in [0.2, 0.25) is 5.91 Å². The lowest BCUT2D eigenvalue weighted by atomic mass is 10.2. The number of hydrogen-bond donors (Lipinski definition) is 2. The largest absolute Gasteiger partial charge is 0.374 e. The van der Waals surface area contributed by atoms with Crippen LogP contribution in [0, 0.1) is 0 Å². The summed E-state index contributed by atoms with van der Waals surface area (Å²) in [5.74, 6) is -0.103. The van der Waals surface area contributed by atoms with Crippen molar-refractivity contribution in [1.29, 1.82) is 0 Å². The quantitative estimate of drug-likeness (QED) is 0.810. The molecule has 0 bridgehead atoms. The van der Waals surface area contributed by atoms with Gasteiger partial charge in [-0.25, -0.2) is 0 Å². The molecule has 5 nitrogen and oxygen atoms in total. The van der Waals surface area contributed by atoms with Gasteiger partial charge in [-0.2, -0.15) is 0 Å². The van der Waals surface area contributed by atoms with Crippen molar-refractivity contribution in [2.24, 2.45) is 0 Å². The van der Waals surface area contributed by atoms with E-state index in [1.54, 1.807) is 17.0 Å². The molecule has 1 atom stereocenters. The molecule has 2 N–H and O–H groups in total. The third kappa shape index (κ3) is 5.08. The van der Waals surface area contributed by atoms with Gasteiger partial charge in [0, 0.05) is 30.0 Å². The molecule has 0 aliphatic heterocycles. The number of benzene rings is 2. The highest BCUT2D eigenvalue weighted by Gasteiger charge is 2.17. The van der Waals surface area contributed by atoms with Crippen LogP contribution in [0.2, 0.25) is 0 Å². The van der Waals surface area contributed by atoms with E-state index in [9.17, 15) is 9.59 Å². The van der Waals surface area contributed by atoms with Crippen LogP contribution in [0.5, 0.6) is 0 Å². The van der Waals surface area contributed by atoms with Crippen LogP contribution >= 0.6 is 0 Å². The molecule has 0 saturated carbocycles. The zero-order chi connectivity index (χ0) is 18.2. The Bertz CT molecular complexity index is 712. The Kier molecular flexibility index (Phi) is 6.57. The molecular formula is C20H25N3O2. The van der Waals surface area contributed by atoms with Crippen LogP contribution in [0.25, 0.3) is 0 Å². The monoisotopic (exact) mass is 339 g/mol. The summed E-state index contributed by atoms with van der Waals surface area (Å²) in [6, 6.07) is 16.1. The average Bonchev–Trinajstić information content (AvgIpc) is 2.63. The first kappa shape index (κ1) is 18.5. The second-order valence-electron chi connectivity index (χ2n) is 5.78. The smallest absolute Gasteiger partial charge is 0.255 e. The van der Waals surface area contributed by atoms with Gasteiger partial charge >= 0.3 is 0 Å². The standard InChI is InChI=1S/C20H25N3O2/c1-4-23(5-2)20(25)15(3)21-17-12-9-13-18(14-17)22-19(24)16-10-7-6-8-11-16/h6-15,21H,4-5H2,1-3H3,(H,22,24). The molecule has 2 aromatic carbocycles. The summed E-state index contributed by atoms with van der Waals surface area (Å²) < 4.78 is 0. The van der Waals surface area contributed by atoms with Gasteiger partial charge in [0.1, 0.15) is 6.04 Å². The molecule has 132 valence electrons. The lowest BCUT2D eigenvalue weighted by molar-refractivity contribution is -0.131. The Morgan fingerprint density at radius 3 is 2.24 bits per heavy atom. The predicted octanol–water partition coefficient (Wildman–Crippen LogP) is 3.61. The highest BCUT2D eigenvalue weighted by molar-refractivity contribution is 6.04. The van der Waals surface area contributed by atoms with Crippen molar-refractivity contribution in [1.82, 2.24) is 4.90 Å². The van der Waals surface area contributed by atoms with Crippen LogP contribution < -0.4 is 10.6 Å². The number of anilines is 2. The van der Waals surface area contributed by atoms with Crippen LogP contribution in [0.15, 0.2) is 54.6 Å². The Morgan fingerprint density at radius 2 is 1.60 bits per heavy atom. The van der Waals surface area contributed by atoms with Crippen molar-refractivity contribution in [2.75, 3.05) is 23.7 Å². The summed E-state index contributed by atoms with van der Waals surface area (Å²) in [6.07, 6.45) is 0. The van der Waals surface area contributed by atoms with Gasteiger partial charge in [0.25, 0.3) is 5.91 Å². The topological polar surface area (TPSA) is 61.4 Å². The maximum atomic E-state index is 12.4. The fourth-order valence-electron chi connectivity index (χ4n) is 2.60. The fourth-order valence-corrected chi connectivity index (χ4v) is 2.60. The van der Waals surface area contributed by atoms with E-state index >= 15 is 0 Å². The van der Waals surface area contributed by atoms with Crippen molar-refractivity contribution >= 4 is 23.2 Å². The van der Waals surface area contributed by atoms with E-state index in [2.05, 4.69) is 10.6 Å². The molecule has 0 fully saturated rings. The molecule has 0 saturated heterocycles. The summed E-state index contributed by atoms with van der Waals surface area (Å²) >= 11 is 0. The van der Waals surface area contributed by atoms with Gasteiger partial charge in [0.05, 0.1) is 0 Å². The SMILES string of the molecule is CCN(CC)C(=O)C(C)Nc1cccc(NC(=O)c2ccccc2)c1. The Morgan fingerprint density at radius 1 is 0.960 bits per heavy atom. The Labute approximate surface area is 149 Å². The number of hydrogen-bond acceptors (Lipinski definition) is 3. The minimum atomic E-state index is -0.333. The first-order chi connectivity index (χ1) is 12.0. The van der Waals surface area contributed by atoms with E-state index in [1.807, 2.05) is 63.2 Å². The second-order valence-corrected chi connectivity index (χ2v) is 5.78. The van der Waals surface area contributed by atoms with Gasteiger partial charge in [-0.1, -0.05) is 24.3 Å². The normalized spacial score (nSPS) is 11.5. The summed E-state index contributed by atoms with van der Waals surface area (Å²) in [7, 11) is 0. The van der Waals surface area contributed by atoms with Crippen LogP contribution in [0.3, 0.4) is 0 Å². The van der Waals surface area contributed by atoms with Crippen molar-refractivity contribution in [3.63, 3.8) is 0 Å². The third-order valence-electron chi connectivity index (χ3n) is 3.99. The summed E-state index contributed by atoms with van der Waals surface area (Å²) in [5, 5.41) is 6.07. The number of nitrogens with zero attached hydrogens (tertiary/aromatic N) is 1. The lowest BCUT2D eigenvalue weighted by Crippen LogP contribution is -2.41. The van der Waals surface area contributed by atoms with Crippen LogP contribution in [0.4, 0.5) is 11.4 Å². The van der Waals surface area contributed by atoms with Crippen molar-refractivity contribution in [2.45, 2.75) is 26.8 Å². The minimum absolute atomic E-state index is 0.0590. The molecule has 2 aromatic rings. The fraction of sp³-hybridized carbons (Fsp3) is 0.300. The first-order valence-electron chi connectivity index (χ1n) is 8.57. The maximum absolute atomic E-state index is 12.4. The molecule has 5 heteroatoms. The van der Waals surface area contributed by atoms with Crippen LogP contribution in [0.1, 0.15) is 31.1 Å². The molecule has 0 aliphatic carbocycles. The van der Waals surface area contributed by atoms with E-state index in [1.165, 1.54) is 0 Å². The molecular weight excluding hydrogens is 314 g/mol. The predicted molar refractivity (Wildman–Crippen MR) is 102 cm³/mol. The molecule has 0 heterocycles. The second kappa shape index (κ2) is 8.87. The van der Waals surface area contributed by atoms with Gasteiger partial charge in [-0.15, -0.1) is 0 Å². The van der Waals surface area contributed by atoms with Crippen molar-refractivity contribution < 1.29 is 9.59 Å². The molecule has 0 radical (unpaired) electrons. The van der Waals surface area contributed by atoms with Gasteiger partial charge in [-0.05, 0) is 51.1 Å². The number of likely N-dealkylation sites (N-methyl/N-ethyl adjacent to an activating group) is 1. The average molecular weight is 339 g/mol. The molecule has 0 spiro atoms. The van der Waals surface area contributed by atoms with Gasteiger partial charge in [-0.3, -0.25) is 9.59 Å². The summed E-state index contributed by atoms with van der Waals surface area (Å²) in [5.41, 5.74) is 2.08. The minimum Gasteiger partial charge on any atom is -0.374 e. The van der Waals surface area contributed by atoms with E-state index in [4.69, 9.17) is 0 Å². The number of carbonyl (C=O) groups is 2. The third-order valence-corrected chi connectivity index (χ3v) is 3.99. The first-order valence-corrected chi connectivity index (χ1v) is 8.57. The molecule has 2 amide bonds. The number of nitrogens with one attached hydrogen (secondary N) is 2. The number of rotatable bonds is 7. The number of amides is 2. The van der Waals surface area contributed by atoms with Crippen molar-refractivity contribution in [3.05, 3.63) is 60.2 Å². The Balaban J connectivity index is 2.03. The highest BCUT2D eigenvalue weighted by atomic mass is 16.2. The van der Waals surface area contributed by atoms with Crippen molar-refractivity contribution in [3.8, 4) is 0 Å². The van der Waals surface area contributed by atoms with E-state index in [-0.39, 0.29) is 17.9 Å². The zero-order valence-corrected chi connectivity index (χ0v) is 15.0. The highest BCUT2D eigenvalue weighted by Crippen LogP contribution is 2.17. The molecule has 25 heavy (non-hydrogen) atoms.